The van der Waals surface area contributed by atoms with E-state index in [-0.39, 0.29) is 0 Å². The van der Waals surface area contributed by atoms with Gasteiger partial charge in [0, 0.05) is 29.8 Å². The van der Waals surface area contributed by atoms with Gasteiger partial charge < -0.3 is 20.8 Å². The molecule has 5 rings (SSSR count). The number of aromatic nitrogens is 1. The van der Waals surface area contributed by atoms with Crippen LogP contribution < -0.4 is 16.4 Å². The number of nitrogens with one attached hydrogen (secondary N) is 2. The van der Waals surface area contributed by atoms with Crippen LogP contribution in [0.15, 0.2) is 83.7 Å². The van der Waals surface area contributed by atoms with E-state index in [1.54, 1.807) is 12.5 Å². The van der Waals surface area contributed by atoms with Gasteiger partial charge in [0.2, 0.25) is 0 Å². The number of hydrogen-bond donors (Lipinski definition) is 3. The lowest BCUT2D eigenvalue weighted by atomic mass is 9.96. The maximum atomic E-state index is 5.80. The minimum Gasteiger partial charge on any atom is -0.472 e. The van der Waals surface area contributed by atoms with Gasteiger partial charge in [-0.2, -0.15) is 0 Å². The van der Waals surface area contributed by atoms with E-state index in [4.69, 9.17) is 15.1 Å². The molecule has 0 spiro atoms. The molecule has 0 radical (unpaired) electrons. The van der Waals surface area contributed by atoms with Crippen LogP contribution in [0.1, 0.15) is 18.4 Å². The lowest BCUT2D eigenvalue weighted by Crippen LogP contribution is -2.31. The zero-order chi connectivity index (χ0) is 22.5. The summed E-state index contributed by atoms with van der Waals surface area (Å²) in [6, 6.07) is 23.2. The number of benzene rings is 2. The smallest absolute Gasteiger partial charge is 0.126 e. The molecule has 3 heterocycles. The number of hydrogen-bond acceptors (Lipinski definition) is 5. The minimum atomic E-state index is 0.542. The van der Waals surface area contributed by atoms with Crippen LogP contribution in [0.4, 0.5) is 5.82 Å². The fourth-order valence-corrected chi connectivity index (χ4v) is 4.41. The quantitative estimate of drug-likeness (QED) is 0.353. The molecule has 1 aliphatic rings. The highest BCUT2D eigenvalue weighted by atomic mass is 16.3. The number of pyridine rings is 1. The molecule has 1 aliphatic heterocycles. The Morgan fingerprint density at radius 1 is 0.848 bits per heavy atom. The molecule has 4 N–H and O–H groups in total. The van der Waals surface area contributed by atoms with Crippen LogP contribution in [-0.2, 0) is 6.54 Å². The van der Waals surface area contributed by atoms with Crippen molar-refractivity contribution in [1.29, 1.82) is 0 Å². The molecule has 4 aromatic rings. The molecule has 5 heteroatoms. The van der Waals surface area contributed by atoms with Crippen LogP contribution in [0.2, 0.25) is 0 Å². The van der Waals surface area contributed by atoms with Gasteiger partial charge in [0.05, 0.1) is 18.2 Å². The summed E-state index contributed by atoms with van der Waals surface area (Å²) >= 11 is 0. The fourth-order valence-electron chi connectivity index (χ4n) is 4.41. The molecule has 2 aromatic heterocycles. The number of rotatable bonds is 7. The normalized spacial score (nSPS) is 14.3. The number of nitrogens with zero attached hydrogens (tertiary/aromatic N) is 1. The monoisotopic (exact) mass is 438 g/mol. The first-order chi connectivity index (χ1) is 16.3. The van der Waals surface area contributed by atoms with Crippen molar-refractivity contribution in [1.82, 2.24) is 10.3 Å². The standard InChI is InChI=1S/C28H30N4O/c29-17-20-1-3-23(4-2-20)26-9-10-27(31-18-21-11-14-30-15-12-21)32-28(26)24-7-5-22(6-8-24)25-13-16-33-19-25/h1-10,13,16,19,21,30H,11-12,14-15,17-18,29H2,(H,31,32). The molecule has 0 aliphatic carbocycles. The molecular formula is C28H30N4O. The van der Waals surface area contributed by atoms with E-state index in [1.165, 1.54) is 12.8 Å². The predicted molar refractivity (Wildman–Crippen MR) is 135 cm³/mol. The second kappa shape index (κ2) is 10.0. The van der Waals surface area contributed by atoms with Crippen LogP contribution in [0.25, 0.3) is 33.5 Å². The summed E-state index contributed by atoms with van der Waals surface area (Å²) in [5.74, 6) is 1.61. The number of anilines is 1. The molecule has 5 nitrogen and oxygen atoms in total. The largest absolute Gasteiger partial charge is 0.472 e. The summed E-state index contributed by atoms with van der Waals surface area (Å²) in [6.45, 7) is 3.70. The Bertz CT molecular complexity index is 1160. The van der Waals surface area contributed by atoms with Gasteiger partial charge in [0.1, 0.15) is 5.82 Å². The number of nitrogens with two attached hydrogens (primary N) is 1. The molecule has 33 heavy (non-hydrogen) atoms. The Balaban J connectivity index is 1.47. The van der Waals surface area contributed by atoms with Gasteiger partial charge in [-0.25, -0.2) is 4.98 Å². The third-order valence-electron chi connectivity index (χ3n) is 6.44. The van der Waals surface area contributed by atoms with Crippen molar-refractivity contribution < 1.29 is 4.42 Å². The highest BCUT2D eigenvalue weighted by Gasteiger charge is 2.15. The van der Waals surface area contributed by atoms with E-state index in [0.717, 1.165) is 64.5 Å². The maximum Gasteiger partial charge on any atom is 0.126 e. The molecule has 0 atom stereocenters. The van der Waals surface area contributed by atoms with Gasteiger partial charge >= 0.3 is 0 Å². The topological polar surface area (TPSA) is 76.1 Å². The molecule has 0 bridgehead atoms. The Kier molecular flexibility index (Phi) is 6.51. The molecule has 2 aromatic carbocycles. The molecule has 0 unspecified atom stereocenters. The molecule has 0 amide bonds. The lowest BCUT2D eigenvalue weighted by Gasteiger charge is -2.23. The van der Waals surface area contributed by atoms with Crippen LogP contribution in [0.3, 0.4) is 0 Å². The van der Waals surface area contributed by atoms with E-state index >= 15 is 0 Å². The van der Waals surface area contributed by atoms with Crippen LogP contribution in [-0.4, -0.2) is 24.6 Å². The third-order valence-corrected chi connectivity index (χ3v) is 6.44. The van der Waals surface area contributed by atoms with Crippen LogP contribution in [0, 0.1) is 5.92 Å². The zero-order valence-electron chi connectivity index (χ0n) is 18.8. The number of piperidine rings is 1. The van der Waals surface area contributed by atoms with E-state index in [1.807, 2.05) is 6.07 Å². The zero-order valence-corrected chi connectivity index (χ0v) is 18.8. The van der Waals surface area contributed by atoms with Gasteiger partial charge in [0.25, 0.3) is 0 Å². The van der Waals surface area contributed by atoms with E-state index in [0.29, 0.717) is 12.5 Å². The highest BCUT2D eigenvalue weighted by molar-refractivity contribution is 5.83. The van der Waals surface area contributed by atoms with Crippen molar-refractivity contribution in [2.75, 3.05) is 25.0 Å². The lowest BCUT2D eigenvalue weighted by molar-refractivity contribution is 0.389. The van der Waals surface area contributed by atoms with Gasteiger partial charge in [-0.15, -0.1) is 0 Å². The summed E-state index contributed by atoms with van der Waals surface area (Å²) in [6.07, 6.45) is 5.89. The van der Waals surface area contributed by atoms with Gasteiger partial charge in [-0.3, -0.25) is 0 Å². The number of furan rings is 1. The molecular weight excluding hydrogens is 408 g/mol. The Morgan fingerprint density at radius 3 is 2.27 bits per heavy atom. The van der Waals surface area contributed by atoms with E-state index < -0.39 is 0 Å². The maximum absolute atomic E-state index is 5.80. The fraction of sp³-hybridized carbons (Fsp3) is 0.250. The SMILES string of the molecule is NCc1ccc(-c2ccc(NCC3CCNCC3)nc2-c2ccc(-c3ccoc3)cc2)cc1. The summed E-state index contributed by atoms with van der Waals surface area (Å²) in [4.78, 5) is 5.07. The van der Waals surface area contributed by atoms with Gasteiger partial charge in [0.15, 0.2) is 0 Å². The van der Waals surface area contributed by atoms with Crippen molar-refractivity contribution >= 4 is 5.82 Å². The van der Waals surface area contributed by atoms with Crippen LogP contribution in [0.5, 0.6) is 0 Å². The first-order valence-electron chi connectivity index (χ1n) is 11.7. The van der Waals surface area contributed by atoms with Crippen molar-refractivity contribution in [2.24, 2.45) is 11.7 Å². The van der Waals surface area contributed by atoms with Crippen molar-refractivity contribution in [2.45, 2.75) is 19.4 Å². The van der Waals surface area contributed by atoms with Crippen molar-refractivity contribution in [3.05, 3.63) is 84.8 Å². The highest BCUT2D eigenvalue weighted by Crippen LogP contribution is 2.33. The minimum absolute atomic E-state index is 0.542. The third kappa shape index (κ3) is 5.00. The second-order valence-electron chi connectivity index (χ2n) is 8.66. The van der Waals surface area contributed by atoms with E-state index in [9.17, 15) is 0 Å². The first kappa shape index (κ1) is 21.4. The molecule has 1 fully saturated rings. The van der Waals surface area contributed by atoms with Crippen LogP contribution >= 0.6 is 0 Å². The Morgan fingerprint density at radius 2 is 1.58 bits per heavy atom. The summed E-state index contributed by atoms with van der Waals surface area (Å²) < 4.78 is 5.24. The summed E-state index contributed by atoms with van der Waals surface area (Å²) in [7, 11) is 0. The van der Waals surface area contributed by atoms with Crippen molar-refractivity contribution in [3.63, 3.8) is 0 Å². The average molecular weight is 439 g/mol. The van der Waals surface area contributed by atoms with Gasteiger partial charge in [-0.1, -0.05) is 48.5 Å². The first-order valence-corrected chi connectivity index (χ1v) is 11.7. The Hall–Kier alpha value is -3.41. The van der Waals surface area contributed by atoms with E-state index in [2.05, 4.69) is 71.3 Å². The molecule has 0 saturated carbocycles. The summed E-state index contributed by atoms with van der Waals surface area (Å²) in [5.41, 5.74) is 13.4. The summed E-state index contributed by atoms with van der Waals surface area (Å²) in [5, 5.41) is 7.02. The van der Waals surface area contributed by atoms with Crippen molar-refractivity contribution in [3.8, 4) is 33.5 Å². The van der Waals surface area contributed by atoms with Gasteiger partial charge in [-0.05, 0) is 66.7 Å². The Labute approximate surface area is 195 Å². The molecule has 168 valence electrons. The molecule has 1 saturated heterocycles. The average Bonchev–Trinajstić information content (AvgIpc) is 3.43. The second-order valence-corrected chi connectivity index (χ2v) is 8.66. The predicted octanol–water partition coefficient (Wildman–Crippen LogP) is 5.55.